The molecule has 0 bridgehead atoms. The van der Waals surface area contributed by atoms with Gasteiger partial charge in [-0.2, -0.15) is 0 Å². The van der Waals surface area contributed by atoms with Gasteiger partial charge in [0, 0.05) is 31.1 Å². The zero-order valence-electron chi connectivity index (χ0n) is 15.1. The van der Waals surface area contributed by atoms with Crippen molar-refractivity contribution in [1.82, 2.24) is 14.9 Å². The van der Waals surface area contributed by atoms with Gasteiger partial charge in [0.1, 0.15) is 23.4 Å². The van der Waals surface area contributed by atoms with Crippen molar-refractivity contribution in [3.63, 3.8) is 0 Å². The summed E-state index contributed by atoms with van der Waals surface area (Å²) in [6, 6.07) is 6.71. The standard InChI is InChI=1S/C19H21N3O4/c1-12-5-8-26-17(12)19(23)21-16(18-20-6-7-22(18)2)13-9-14(24-3)11-15(10-13)25-4/h5-11,16H,1-4H3,(H,21,23). The molecule has 0 spiro atoms. The number of imidazole rings is 1. The number of furan rings is 1. The van der Waals surface area contributed by atoms with Crippen LogP contribution in [0.15, 0.2) is 47.3 Å². The molecule has 7 nitrogen and oxygen atoms in total. The lowest BCUT2D eigenvalue weighted by molar-refractivity contribution is 0.0912. The number of carbonyl (C=O) groups is 1. The summed E-state index contributed by atoms with van der Waals surface area (Å²) in [5, 5.41) is 3.00. The van der Waals surface area contributed by atoms with E-state index in [0.29, 0.717) is 17.3 Å². The van der Waals surface area contributed by atoms with Gasteiger partial charge in [-0.25, -0.2) is 4.98 Å². The second-order valence-electron chi connectivity index (χ2n) is 5.88. The Morgan fingerprint density at radius 3 is 2.42 bits per heavy atom. The Labute approximate surface area is 151 Å². The molecule has 0 fully saturated rings. The van der Waals surface area contributed by atoms with E-state index in [-0.39, 0.29) is 11.7 Å². The lowest BCUT2D eigenvalue weighted by Gasteiger charge is -2.20. The second-order valence-corrected chi connectivity index (χ2v) is 5.88. The van der Waals surface area contributed by atoms with E-state index in [1.54, 1.807) is 32.5 Å². The summed E-state index contributed by atoms with van der Waals surface area (Å²) < 4.78 is 17.9. The molecule has 3 rings (SSSR count). The molecule has 0 aliphatic rings. The van der Waals surface area contributed by atoms with Gasteiger partial charge in [0.05, 0.1) is 20.5 Å². The van der Waals surface area contributed by atoms with Crippen molar-refractivity contribution >= 4 is 5.91 Å². The predicted molar refractivity (Wildman–Crippen MR) is 95.5 cm³/mol. The van der Waals surface area contributed by atoms with Crippen LogP contribution in [0.1, 0.15) is 33.5 Å². The van der Waals surface area contributed by atoms with E-state index >= 15 is 0 Å². The van der Waals surface area contributed by atoms with E-state index in [1.165, 1.54) is 6.26 Å². The minimum absolute atomic E-state index is 0.277. The fourth-order valence-corrected chi connectivity index (χ4v) is 2.75. The summed E-state index contributed by atoms with van der Waals surface area (Å²) in [7, 11) is 5.04. The quantitative estimate of drug-likeness (QED) is 0.736. The lowest BCUT2D eigenvalue weighted by Crippen LogP contribution is -2.31. The van der Waals surface area contributed by atoms with Gasteiger partial charge in [-0.05, 0) is 30.7 Å². The summed E-state index contributed by atoms with van der Waals surface area (Å²) in [5.74, 6) is 1.89. The van der Waals surface area contributed by atoms with Crippen LogP contribution in [-0.4, -0.2) is 29.7 Å². The molecule has 1 N–H and O–H groups in total. The summed E-state index contributed by atoms with van der Waals surface area (Å²) >= 11 is 0. The predicted octanol–water partition coefficient (Wildman–Crippen LogP) is 2.86. The van der Waals surface area contributed by atoms with Crippen LogP contribution in [0.4, 0.5) is 0 Å². The molecular formula is C19H21N3O4. The molecule has 2 heterocycles. The van der Waals surface area contributed by atoms with Gasteiger partial charge in [-0.3, -0.25) is 4.79 Å². The maximum atomic E-state index is 12.7. The number of carbonyl (C=O) groups excluding carboxylic acids is 1. The van der Waals surface area contributed by atoms with Crippen LogP contribution in [0.3, 0.4) is 0 Å². The van der Waals surface area contributed by atoms with Gasteiger partial charge in [0.15, 0.2) is 5.76 Å². The second kappa shape index (κ2) is 7.35. The first-order valence-corrected chi connectivity index (χ1v) is 8.08. The summed E-state index contributed by atoms with van der Waals surface area (Å²) in [6.07, 6.45) is 5.00. The number of hydrogen-bond acceptors (Lipinski definition) is 5. The average Bonchev–Trinajstić information content (AvgIpc) is 3.27. The smallest absolute Gasteiger partial charge is 0.288 e. The molecule has 0 saturated heterocycles. The highest BCUT2D eigenvalue weighted by molar-refractivity contribution is 5.93. The molecule has 0 aliphatic carbocycles. The highest BCUT2D eigenvalue weighted by Crippen LogP contribution is 2.29. The number of aryl methyl sites for hydroxylation is 2. The highest BCUT2D eigenvalue weighted by atomic mass is 16.5. The molecule has 1 atom stereocenters. The Bertz CT molecular complexity index is 891. The number of rotatable bonds is 6. The Morgan fingerprint density at radius 1 is 1.23 bits per heavy atom. The highest BCUT2D eigenvalue weighted by Gasteiger charge is 2.24. The fraction of sp³-hybridized carbons (Fsp3) is 0.263. The molecule has 26 heavy (non-hydrogen) atoms. The Hall–Kier alpha value is -3.22. The number of benzene rings is 1. The van der Waals surface area contributed by atoms with Crippen molar-refractivity contribution in [2.75, 3.05) is 14.2 Å². The van der Waals surface area contributed by atoms with E-state index in [9.17, 15) is 4.79 Å². The van der Waals surface area contributed by atoms with E-state index < -0.39 is 6.04 Å². The Morgan fingerprint density at radius 2 is 1.92 bits per heavy atom. The van der Waals surface area contributed by atoms with Crippen LogP contribution in [0, 0.1) is 6.92 Å². The van der Waals surface area contributed by atoms with E-state index in [1.807, 2.05) is 36.9 Å². The first kappa shape index (κ1) is 17.6. The third-order valence-corrected chi connectivity index (χ3v) is 4.17. The molecule has 136 valence electrons. The molecule has 7 heteroatoms. The van der Waals surface area contributed by atoms with Gasteiger partial charge < -0.3 is 23.8 Å². The van der Waals surface area contributed by atoms with Crippen LogP contribution in [-0.2, 0) is 7.05 Å². The maximum Gasteiger partial charge on any atom is 0.288 e. The van der Waals surface area contributed by atoms with E-state index in [4.69, 9.17) is 13.9 Å². The fourth-order valence-electron chi connectivity index (χ4n) is 2.75. The molecule has 3 aromatic rings. The third-order valence-electron chi connectivity index (χ3n) is 4.17. The van der Waals surface area contributed by atoms with Gasteiger partial charge in [0.2, 0.25) is 0 Å². The number of hydrogen-bond donors (Lipinski definition) is 1. The van der Waals surface area contributed by atoms with Gasteiger partial charge >= 0.3 is 0 Å². The molecule has 2 aromatic heterocycles. The number of aromatic nitrogens is 2. The molecule has 0 radical (unpaired) electrons. The van der Waals surface area contributed by atoms with Crippen LogP contribution in [0.5, 0.6) is 11.5 Å². The van der Waals surface area contributed by atoms with Crippen LogP contribution in [0.2, 0.25) is 0 Å². The van der Waals surface area contributed by atoms with Gasteiger partial charge in [-0.1, -0.05) is 0 Å². The normalized spacial score (nSPS) is 11.8. The van der Waals surface area contributed by atoms with Crippen LogP contribution in [0.25, 0.3) is 0 Å². The first-order chi connectivity index (χ1) is 12.5. The van der Waals surface area contributed by atoms with Gasteiger partial charge in [0.25, 0.3) is 5.91 Å². The molecule has 1 unspecified atom stereocenters. The molecule has 0 aliphatic heterocycles. The van der Waals surface area contributed by atoms with Crippen molar-refractivity contribution in [3.8, 4) is 11.5 Å². The minimum Gasteiger partial charge on any atom is -0.497 e. The maximum absolute atomic E-state index is 12.7. The van der Waals surface area contributed by atoms with Crippen molar-refractivity contribution in [1.29, 1.82) is 0 Å². The summed E-state index contributed by atoms with van der Waals surface area (Å²) in [4.78, 5) is 17.1. The monoisotopic (exact) mass is 355 g/mol. The third kappa shape index (κ3) is 3.42. The lowest BCUT2D eigenvalue weighted by atomic mass is 10.0. The van der Waals surface area contributed by atoms with Gasteiger partial charge in [-0.15, -0.1) is 0 Å². The van der Waals surface area contributed by atoms with Crippen LogP contribution >= 0.6 is 0 Å². The summed E-state index contributed by atoms with van der Waals surface area (Å²) in [5.41, 5.74) is 1.55. The van der Waals surface area contributed by atoms with Crippen molar-refractivity contribution in [2.24, 2.45) is 7.05 Å². The Kier molecular flexibility index (Phi) is 4.97. The van der Waals surface area contributed by atoms with Crippen molar-refractivity contribution < 1.29 is 18.7 Å². The molecule has 0 saturated carbocycles. The van der Waals surface area contributed by atoms with Crippen molar-refractivity contribution in [2.45, 2.75) is 13.0 Å². The zero-order chi connectivity index (χ0) is 18.7. The SMILES string of the molecule is COc1cc(OC)cc(C(NC(=O)c2occc2C)c2nccn2C)c1. The minimum atomic E-state index is -0.504. The van der Waals surface area contributed by atoms with Crippen molar-refractivity contribution in [3.05, 3.63) is 65.6 Å². The zero-order valence-corrected chi connectivity index (χ0v) is 15.1. The number of methoxy groups -OCH3 is 2. The number of nitrogens with one attached hydrogen (secondary N) is 1. The summed E-state index contributed by atoms with van der Waals surface area (Å²) in [6.45, 7) is 1.82. The first-order valence-electron chi connectivity index (χ1n) is 8.08. The van der Waals surface area contributed by atoms with E-state index in [2.05, 4.69) is 10.3 Å². The van der Waals surface area contributed by atoms with E-state index in [0.717, 1.165) is 11.1 Å². The molecule has 1 aromatic carbocycles. The topological polar surface area (TPSA) is 78.5 Å². The number of ether oxygens (including phenoxy) is 2. The average molecular weight is 355 g/mol. The molecule has 1 amide bonds. The Balaban J connectivity index is 2.03. The van der Waals surface area contributed by atoms with Crippen LogP contribution < -0.4 is 14.8 Å². The largest absolute Gasteiger partial charge is 0.497 e. The molecular weight excluding hydrogens is 334 g/mol. The number of amides is 1. The number of nitrogens with zero attached hydrogens (tertiary/aromatic N) is 2.